The summed E-state index contributed by atoms with van der Waals surface area (Å²) < 4.78 is 0. The highest BCUT2D eigenvalue weighted by Crippen LogP contribution is 2.25. The Kier molecular flexibility index (Phi) is 16.1. The van der Waals surface area contributed by atoms with Crippen molar-refractivity contribution < 1.29 is 0 Å². The summed E-state index contributed by atoms with van der Waals surface area (Å²) in [5.41, 5.74) is 7.04. The molecule has 0 spiro atoms. The van der Waals surface area contributed by atoms with Crippen LogP contribution in [0.25, 0.3) is 5.70 Å². The Morgan fingerprint density at radius 2 is 1.43 bits per heavy atom. The van der Waals surface area contributed by atoms with Crippen LogP contribution in [0.15, 0.2) is 102 Å². The Bertz CT molecular complexity index is 973. The first-order chi connectivity index (χ1) is 16.9. The highest BCUT2D eigenvalue weighted by molar-refractivity contribution is 7.99. The van der Waals surface area contributed by atoms with Crippen molar-refractivity contribution in [3.05, 3.63) is 114 Å². The second kappa shape index (κ2) is 18.6. The largest absolute Gasteiger partial charge is 0.355 e. The summed E-state index contributed by atoms with van der Waals surface area (Å²) in [5.74, 6) is 1.19. The molecule has 0 fully saturated rings. The van der Waals surface area contributed by atoms with Crippen LogP contribution in [0.1, 0.15) is 70.1 Å². The predicted molar refractivity (Wildman–Crippen MR) is 161 cm³/mol. The van der Waals surface area contributed by atoms with Crippen molar-refractivity contribution in [2.24, 2.45) is 0 Å². The van der Waals surface area contributed by atoms with Crippen molar-refractivity contribution in [1.29, 1.82) is 0 Å². The molecule has 3 aromatic rings. The molecule has 1 nitrogen and oxygen atoms in total. The van der Waals surface area contributed by atoms with Gasteiger partial charge in [0, 0.05) is 16.3 Å². The number of benzene rings is 3. The molecule has 3 rings (SSSR count). The van der Waals surface area contributed by atoms with Crippen molar-refractivity contribution in [1.82, 2.24) is 0 Å². The first kappa shape index (κ1) is 30.3. The van der Waals surface area contributed by atoms with Crippen LogP contribution in [0.4, 0.5) is 5.69 Å². The van der Waals surface area contributed by atoms with E-state index in [1.165, 1.54) is 46.6 Å². The molecular weight excluding hydrogens is 442 g/mol. The van der Waals surface area contributed by atoms with Crippen LogP contribution in [0.3, 0.4) is 0 Å². The molecule has 0 aliphatic carbocycles. The predicted octanol–water partition coefficient (Wildman–Crippen LogP) is 10.6. The number of aryl methyl sites for hydroxylation is 2. The van der Waals surface area contributed by atoms with E-state index >= 15 is 0 Å². The summed E-state index contributed by atoms with van der Waals surface area (Å²) in [6, 6.07) is 27.4. The first-order valence-corrected chi connectivity index (χ1v) is 13.8. The monoisotopic (exact) mass is 487 g/mol. The van der Waals surface area contributed by atoms with Crippen LogP contribution in [-0.4, -0.2) is 5.75 Å². The Morgan fingerprint density at radius 3 is 1.97 bits per heavy atom. The van der Waals surface area contributed by atoms with E-state index in [0.717, 1.165) is 29.8 Å². The third-order valence-electron chi connectivity index (χ3n) is 5.03. The van der Waals surface area contributed by atoms with Crippen molar-refractivity contribution in [3.8, 4) is 0 Å². The number of rotatable bonds is 10. The third kappa shape index (κ3) is 13.7. The fourth-order valence-electron chi connectivity index (χ4n) is 3.06. The van der Waals surface area contributed by atoms with E-state index in [2.05, 4.69) is 114 Å². The van der Waals surface area contributed by atoms with Gasteiger partial charge in [0.25, 0.3) is 0 Å². The van der Waals surface area contributed by atoms with Crippen molar-refractivity contribution in [3.63, 3.8) is 0 Å². The molecule has 0 aromatic heterocycles. The average Bonchev–Trinajstić information content (AvgIpc) is 2.85. The van der Waals surface area contributed by atoms with Gasteiger partial charge >= 0.3 is 0 Å². The summed E-state index contributed by atoms with van der Waals surface area (Å²) in [7, 11) is 0. The maximum absolute atomic E-state index is 4.23. The lowest BCUT2D eigenvalue weighted by Crippen LogP contribution is -2.01. The van der Waals surface area contributed by atoms with Gasteiger partial charge in [0.15, 0.2) is 0 Å². The van der Waals surface area contributed by atoms with Crippen LogP contribution >= 0.6 is 11.8 Å². The summed E-state index contributed by atoms with van der Waals surface area (Å²) in [5, 5.41) is 3.49. The lowest BCUT2D eigenvalue weighted by molar-refractivity contribution is 0.896. The normalized spacial score (nSPS) is 9.74. The second-order valence-corrected chi connectivity index (χ2v) is 9.97. The van der Waals surface area contributed by atoms with Gasteiger partial charge in [-0.2, -0.15) is 0 Å². The smallest absolute Gasteiger partial charge is 0.0416 e. The highest BCUT2D eigenvalue weighted by atomic mass is 32.2. The van der Waals surface area contributed by atoms with E-state index in [9.17, 15) is 0 Å². The van der Waals surface area contributed by atoms with Gasteiger partial charge in [0.05, 0.1) is 0 Å². The van der Waals surface area contributed by atoms with Crippen molar-refractivity contribution in [2.75, 3.05) is 11.1 Å². The minimum Gasteiger partial charge on any atom is -0.355 e. The lowest BCUT2D eigenvalue weighted by Gasteiger charge is -2.14. The quantitative estimate of drug-likeness (QED) is 0.173. The molecule has 0 radical (unpaired) electrons. The molecule has 0 saturated heterocycles. The van der Waals surface area contributed by atoms with Gasteiger partial charge in [-0.1, -0.05) is 112 Å². The molecule has 35 heavy (non-hydrogen) atoms. The molecule has 0 aliphatic rings. The molecule has 3 aromatic carbocycles. The minimum absolute atomic E-state index is 0.938. The Hall–Kier alpha value is -2.71. The number of nitrogens with one attached hydrogen (secondary N) is 1. The van der Waals surface area contributed by atoms with Crippen molar-refractivity contribution >= 4 is 23.1 Å². The zero-order valence-corrected chi connectivity index (χ0v) is 23.4. The number of allylic oxidation sites excluding steroid dienone is 1. The zero-order valence-electron chi connectivity index (χ0n) is 22.6. The molecule has 0 heterocycles. The fraction of sp³-hybridized carbons (Fsp3) is 0.333. The molecule has 0 aliphatic heterocycles. The molecule has 0 saturated carbocycles. The maximum atomic E-state index is 4.23. The topological polar surface area (TPSA) is 12.0 Å². The van der Waals surface area contributed by atoms with E-state index in [4.69, 9.17) is 0 Å². The van der Waals surface area contributed by atoms with E-state index in [0.29, 0.717) is 0 Å². The Labute approximate surface area is 219 Å². The van der Waals surface area contributed by atoms with Crippen molar-refractivity contribution in [2.45, 2.75) is 71.6 Å². The number of thioether (sulfide) groups is 1. The van der Waals surface area contributed by atoms with Gasteiger partial charge in [0.1, 0.15) is 0 Å². The van der Waals surface area contributed by atoms with E-state index < -0.39 is 0 Å². The van der Waals surface area contributed by atoms with Crippen LogP contribution in [0, 0.1) is 6.92 Å². The first-order valence-electron chi connectivity index (χ1n) is 12.8. The third-order valence-corrected chi connectivity index (χ3v) is 6.13. The molecule has 0 bridgehead atoms. The zero-order chi connectivity index (χ0) is 25.9. The van der Waals surface area contributed by atoms with Gasteiger partial charge in [-0.15, -0.1) is 18.3 Å². The standard InChI is InChI=1S/C23H29NS.C7H8.C3H8/c1-5-6-17-25-22-15-13-20(14-16-22)19(4)24-23-10-8-7-9-21(23)12-11-18(2)3;1-7-5-3-2-4-6-7;1-3-2/h7-10,13-16,24H,2,4-6,11-12,17H2,1,3H3;2-6H,1H3;3H2,1-2H3. The van der Waals surface area contributed by atoms with E-state index in [1.807, 2.05) is 30.0 Å². The number of hydrogen-bond acceptors (Lipinski definition) is 2. The molecule has 188 valence electrons. The van der Waals surface area contributed by atoms with Gasteiger partial charge in [-0.25, -0.2) is 0 Å². The number of hydrogen-bond donors (Lipinski definition) is 1. The maximum Gasteiger partial charge on any atom is 0.0416 e. The van der Waals surface area contributed by atoms with Gasteiger partial charge in [0.2, 0.25) is 0 Å². The second-order valence-electron chi connectivity index (χ2n) is 8.81. The lowest BCUT2D eigenvalue weighted by atomic mass is 10.0. The van der Waals surface area contributed by atoms with E-state index in [1.54, 1.807) is 0 Å². The average molecular weight is 488 g/mol. The van der Waals surface area contributed by atoms with Crippen LogP contribution in [-0.2, 0) is 6.42 Å². The van der Waals surface area contributed by atoms with Gasteiger partial charge in [-0.3, -0.25) is 0 Å². The highest BCUT2D eigenvalue weighted by Gasteiger charge is 2.05. The summed E-state index contributed by atoms with van der Waals surface area (Å²) >= 11 is 1.92. The molecular formula is C33H45NS. The van der Waals surface area contributed by atoms with Crippen LogP contribution in [0.2, 0.25) is 0 Å². The summed E-state index contributed by atoms with van der Waals surface area (Å²) in [6.45, 7) is 18.9. The van der Waals surface area contributed by atoms with E-state index in [-0.39, 0.29) is 0 Å². The summed E-state index contributed by atoms with van der Waals surface area (Å²) in [6.07, 6.45) is 5.77. The Balaban J connectivity index is 0.000000510. The Morgan fingerprint density at radius 1 is 0.829 bits per heavy atom. The molecule has 0 atom stereocenters. The number of para-hydroxylation sites is 1. The summed E-state index contributed by atoms with van der Waals surface area (Å²) in [4.78, 5) is 1.33. The van der Waals surface area contributed by atoms with Gasteiger partial charge in [-0.05, 0) is 68.2 Å². The molecule has 0 unspecified atom stereocenters. The van der Waals surface area contributed by atoms with Crippen LogP contribution < -0.4 is 5.32 Å². The number of anilines is 1. The minimum atomic E-state index is 0.938. The molecule has 1 N–H and O–H groups in total. The molecule has 0 amide bonds. The SMILES string of the molecule is C=C(C)CCc1ccccc1NC(=C)c1ccc(SCCCC)cc1.CCC.Cc1ccccc1. The fourth-order valence-corrected chi connectivity index (χ4v) is 4.06. The molecule has 2 heteroatoms. The van der Waals surface area contributed by atoms with Crippen LogP contribution in [0.5, 0.6) is 0 Å². The number of unbranched alkanes of at least 4 members (excludes halogenated alkanes) is 1. The van der Waals surface area contributed by atoms with Gasteiger partial charge < -0.3 is 5.32 Å².